The van der Waals surface area contributed by atoms with E-state index in [1.807, 2.05) is 6.92 Å². The topological polar surface area (TPSA) is 87.7 Å². The van der Waals surface area contributed by atoms with Gasteiger partial charge in [0.05, 0.1) is 12.5 Å². The predicted molar refractivity (Wildman–Crippen MR) is 73.4 cm³/mol. The Labute approximate surface area is 119 Å². The average Bonchev–Trinajstić information content (AvgIpc) is 2.92. The molecule has 2 rings (SSSR count). The van der Waals surface area contributed by atoms with Gasteiger partial charge in [-0.1, -0.05) is 6.42 Å². The van der Waals surface area contributed by atoms with E-state index in [0.29, 0.717) is 25.4 Å². The van der Waals surface area contributed by atoms with Crippen molar-refractivity contribution in [1.29, 1.82) is 0 Å². The van der Waals surface area contributed by atoms with E-state index in [-0.39, 0.29) is 24.0 Å². The number of hydrogen-bond donors (Lipinski definition) is 3. The van der Waals surface area contributed by atoms with Gasteiger partial charge in [-0.25, -0.2) is 4.79 Å². The molecule has 3 N–H and O–H groups in total. The van der Waals surface area contributed by atoms with Crippen molar-refractivity contribution in [1.82, 2.24) is 10.6 Å². The van der Waals surface area contributed by atoms with E-state index in [9.17, 15) is 9.59 Å². The van der Waals surface area contributed by atoms with E-state index in [0.717, 1.165) is 25.9 Å². The molecular weight excluding hydrogens is 260 g/mol. The van der Waals surface area contributed by atoms with Gasteiger partial charge < -0.3 is 20.5 Å². The molecule has 1 heterocycles. The molecule has 6 nitrogen and oxygen atoms in total. The molecule has 2 fully saturated rings. The van der Waals surface area contributed by atoms with Crippen LogP contribution in [0.4, 0.5) is 4.79 Å². The third kappa shape index (κ3) is 4.10. The third-order valence-electron chi connectivity index (χ3n) is 4.39. The summed E-state index contributed by atoms with van der Waals surface area (Å²) >= 11 is 0. The molecular formula is C14H24N2O4. The fraction of sp³-hybridized carbons (Fsp3) is 0.857. The van der Waals surface area contributed by atoms with Crippen LogP contribution < -0.4 is 10.6 Å². The maximum Gasteiger partial charge on any atom is 0.315 e. The van der Waals surface area contributed by atoms with Gasteiger partial charge in [-0.2, -0.15) is 0 Å². The van der Waals surface area contributed by atoms with Crippen LogP contribution in [0, 0.1) is 11.8 Å². The lowest BCUT2D eigenvalue weighted by atomic mass is 9.86. The lowest BCUT2D eigenvalue weighted by Crippen LogP contribution is -2.49. The monoisotopic (exact) mass is 284 g/mol. The zero-order valence-corrected chi connectivity index (χ0v) is 11.9. The highest BCUT2D eigenvalue weighted by Crippen LogP contribution is 2.24. The maximum absolute atomic E-state index is 11.9. The summed E-state index contributed by atoms with van der Waals surface area (Å²) in [5.74, 6) is -0.707. The SMILES string of the molecule is CC(NC(=O)NC1CCCC(C(=O)O)C1)C1CCOC1. The van der Waals surface area contributed by atoms with Gasteiger partial charge >= 0.3 is 12.0 Å². The standard InChI is InChI=1S/C14H24N2O4/c1-9(11-5-6-20-8-11)15-14(19)16-12-4-2-3-10(7-12)13(17)18/h9-12H,2-8H2,1H3,(H,17,18)(H2,15,16,19). The van der Waals surface area contributed by atoms with Crippen LogP contribution in [0.3, 0.4) is 0 Å². The second-order valence-corrected chi connectivity index (χ2v) is 5.93. The van der Waals surface area contributed by atoms with Gasteiger partial charge in [0.15, 0.2) is 0 Å². The van der Waals surface area contributed by atoms with Crippen LogP contribution in [0.15, 0.2) is 0 Å². The minimum Gasteiger partial charge on any atom is -0.481 e. The molecule has 4 unspecified atom stereocenters. The van der Waals surface area contributed by atoms with Crippen molar-refractivity contribution in [3.63, 3.8) is 0 Å². The van der Waals surface area contributed by atoms with Crippen molar-refractivity contribution in [2.75, 3.05) is 13.2 Å². The van der Waals surface area contributed by atoms with Crippen molar-refractivity contribution in [2.45, 2.75) is 51.1 Å². The Balaban J connectivity index is 1.74. The molecule has 1 aliphatic heterocycles. The fourth-order valence-corrected chi connectivity index (χ4v) is 3.04. The Morgan fingerprint density at radius 1 is 1.30 bits per heavy atom. The molecule has 1 saturated heterocycles. The van der Waals surface area contributed by atoms with Gasteiger partial charge in [-0.05, 0) is 32.6 Å². The van der Waals surface area contributed by atoms with Crippen LogP contribution >= 0.6 is 0 Å². The molecule has 0 aromatic rings. The molecule has 4 atom stereocenters. The number of carboxylic acids is 1. The van der Waals surface area contributed by atoms with Gasteiger partial charge in [-0.15, -0.1) is 0 Å². The van der Waals surface area contributed by atoms with Crippen LogP contribution in [0.2, 0.25) is 0 Å². The first kappa shape index (κ1) is 15.1. The van der Waals surface area contributed by atoms with Crippen LogP contribution in [-0.4, -0.2) is 42.4 Å². The minimum atomic E-state index is -0.756. The van der Waals surface area contributed by atoms with Crippen molar-refractivity contribution in [2.24, 2.45) is 11.8 Å². The van der Waals surface area contributed by atoms with Gasteiger partial charge in [-0.3, -0.25) is 4.79 Å². The Kier molecular flexibility index (Phi) is 5.23. The smallest absolute Gasteiger partial charge is 0.315 e. The van der Waals surface area contributed by atoms with Crippen molar-refractivity contribution in [3.05, 3.63) is 0 Å². The normalized spacial score (nSPS) is 31.6. The first-order valence-electron chi connectivity index (χ1n) is 7.44. The highest BCUT2D eigenvalue weighted by Gasteiger charge is 2.29. The Morgan fingerprint density at radius 3 is 2.75 bits per heavy atom. The zero-order chi connectivity index (χ0) is 14.5. The molecule has 1 saturated carbocycles. The zero-order valence-electron chi connectivity index (χ0n) is 11.9. The number of rotatable bonds is 4. The maximum atomic E-state index is 11.9. The highest BCUT2D eigenvalue weighted by molar-refractivity contribution is 5.75. The van der Waals surface area contributed by atoms with Crippen molar-refractivity contribution < 1.29 is 19.4 Å². The molecule has 0 aromatic heterocycles. The van der Waals surface area contributed by atoms with Gasteiger partial charge in [0.1, 0.15) is 0 Å². The largest absolute Gasteiger partial charge is 0.481 e. The van der Waals surface area contributed by atoms with E-state index in [4.69, 9.17) is 9.84 Å². The lowest BCUT2D eigenvalue weighted by Gasteiger charge is -2.28. The molecule has 2 amide bonds. The molecule has 114 valence electrons. The second-order valence-electron chi connectivity index (χ2n) is 5.93. The number of hydrogen-bond acceptors (Lipinski definition) is 3. The van der Waals surface area contributed by atoms with E-state index in [1.165, 1.54) is 0 Å². The van der Waals surface area contributed by atoms with Crippen LogP contribution in [0.25, 0.3) is 0 Å². The summed E-state index contributed by atoms with van der Waals surface area (Å²) < 4.78 is 5.31. The summed E-state index contributed by atoms with van der Waals surface area (Å²) in [7, 11) is 0. The minimum absolute atomic E-state index is 0.0307. The van der Waals surface area contributed by atoms with Crippen LogP contribution in [0.1, 0.15) is 39.0 Å². The summed E-state index contributed by atoms with van der Waals surface area (Å²) in [6.07, 6.45) is 3.94. The summed E-state index contributed by atoms with van der Waals surface area (Å²) in [4.78, 5) is 22.9. The number of urea groups is 1. The Bertz CT molecular complexity index is 355. The van der Waals surface area contributed by atoms with E-state index >= 15 is 0 Å². The van der Waals surface area contributed by atoms with Crippen molar-refractivity contribution in [3.8, 4) is 0 Å². The number of carboxylic acid groups (broad SMARTS) is 1. The van der Waals surface area contributed by atoms with Crippen LogP contribution in [-0.2, 0) is 9.53 Å². The van der Waals surface area contributed by atoms with Gasteiger partial charge in [0.2, 0.25) is 0 Å². The summed E-state index contributed by atoms with van der Waals surface area (Å²) in [5.41, 5.74) is 0. The molecule has 1 aliphatic carbocycles. The Hall–Kier alpha value is -1.30. The average molecular weight is 284 g/mol. The number of ether oxygens (including phenoxy) is 1. The number of nitrogens with one attached hydrogen (secondary N) is 2. The number of carbonyl (C=O) groups is 2. The molecule has 0 bridgehead atoms. The van der Waals surface area contributed by atoms with Crippen molar-refractivity contribution >= 4 is 12.0 Å². The predicted octanol–water partition coefficient (Wildman–Crippen LogP) is 1.35. The van der Waals surface area contributed by atoms with Gasteiger partial charge in [0.25, 0.3) is 0 Å². The molecule has 6 heteroatoms. The molecule has 0 spiro atoms. The number of carbonyl (C=O) groups excluding carboxylic acids is 1. The molecule has 20 heavy (non-hydrogen) atoms. The van der Waals surface area contributed by atoms with E-state index < -0.39 is 5.97 Å². The molecule has 2 aliphatic rings. The quantitative estimate of drug-likeness (QED) is 0.727. The summed E-state index contributed by atoms with van der Waals surface area (Å²) in [5, 5.41) is 14.9. The van der Waals surface area contributed by atoms with Gasteiger partial charge in [0, 0.05) is 24.6 Å². The summed E-state index contributed by atoms with van der Waals surface area (Å²) in [6.45, 7) is 3.45. The lowest BCUT2D eigenvalue weighted by molar-refractivity contribution is -0.143. The fourth-order valence-electron chi connectivity index (χ4n) is 3.04. The second kappa shape index (κ2) is 6.92. The molecule has 0 aromatic carbocycles. The van der Waals surface area contributed by atoms with E-state index in [2.05, 4.69) is 10.6 Å². The highest BCUT2D eigenvalue weighted by atomic mass is 16.5. The number of amides is 2. The number of aliphatic carboxylic acids is 1. The van der Waals surface area contributed by atoms with Crippen LogP contribution in [0.5, 0.6) is 0 Å². The third-order valence-corrected chi connectivity index (χ3v) is 4.39. The van der Waals surface area contributed by atoms with E-state index in [1.54, 1.807) is 0 Å². The summed E-state index contributed by atoms with van der Waals surface area (Å²) in [6, 6.07) is -0.145. The first-order chi connectivity index (χ1) is 9.56. The first-order valence-corrected chi connectivity index (χ1v) is 7.44. The molecule has 0 radical (unpaired) electrons. The Morgan fingerprint density at radius 2 is 2.10 bits per heavy atom.